The predicted molar refractivity (Wildman–Crippen MR) is 64.3 cm³/mol. The van der Waals surface area contributed by atoms with Crippen molar-refractivity contribution in [1.29, 1.82) is 0 Å². The smallest absolute Gasteiger partial charge is 0.151 e. The molecule has 1 aromatic heterocycles. The van der Waals surface area contributed by atoms with Gasteiger partial charge in [0.05, 0.1) is 11.3 Å². The van der Waals surface area contributed by atoms with Crippen molar-refractivity contribution in [2.24, 2.45) is 0 Å². The number of likely N-dealkylation sites (N-methyl/N-ethyl adjacent to an activating group) is 1. The largest absolute Gasteiger partial charge is 0.389 e. The van der Waals surface area contributed by atoms with Gasteiger partial charge in [0, 0.05) is 13.1 Å². The van der Waals surface area contributed by atoms with Gasteiger partial charge in [-0.1, -0.05) is 18.5 Å². The van der Waals surface area contributed by atoms with Crippen molar-refractivity contribution < 1.29 is 5.11 Å². The molecule has 0 atom stereocenters. The van der Waals surface area contributed by atoms with Crippen LogP contribution in [-0.2, 0) is 6.54 Å². The molecule has 0 radical (unpaired) electrons. The summed E-state index contributed by atoms with van der Waals surface area (Å²) in [5.41, 5.74) is 0.158. The Balaban J connectivity index is 2.60. The molecule has 0 fully saturated rings. The lowest BCUT2D eigenvalue weighted by atomic mass is 10.1. The minimum Gasteiger partial charge on any atom is -0.389 e. The fraction of sp³-hybridized carbons (Fsp3) is 0.636. The van der Waals surface area contributed by atoms with E-state index in [4.69, 9.17) is 11.6 Å². The third-order valence-corrected chi connectivity index (χ3v) is 2.33. The summed E-state index contributed by atoms with van der Waals surface area (Å²) in [7, 11) is 0. The first-order valence-corrected chi connectivity index (χ1v) is 5.71. The molecule has 1 rings (SSSR count). The summed E-state index contributed by atoms with van der Waals surface area (Å²) in [4.78, 5) is 2.11. The zero-order valence-corrected chi connectivity index (χ0v) is 10.7. The highest BCUT2D eigenvalue weighted by atomic mass is 35.5. The maximum absolute atomic E-state index is 9.74. The third-order valence-electron chi connectivity index (χ3n) is 2.13. The second-order valence-corrected chi connectivity index (χ2v) is 4.85. The SMILES string of the molecule is CCN(Cc1ccc(Cl)nn1)CC(C)(C)O. The van der Waals surface area contributed by atoms with Crippen molar-refractivity contribution in [3.8, 4) is 0 Å². The number of aliphatic hydroxyl groups is 1. The van der Waals surface area contributed by atoms with E-state index >= 15 is 0 Å². The Morgan fingerprint density at radius 1 is 1.38 bits per heavy atom. The van der Waals surface area contributed by atoms with E-state index in [9.17, 15) is 5.11 Å². The lowest BCUT2D eigenvalue weighted by Gasteiger charge is -2.27. The molecule has 0 saturated carbocycles. The summed E-state index contributed by atoms with van der Waals surface area (Å²) in [5.74, 6) is 0. The van der Waals surface area contributed by atoms with Crippen LogP contribution in [0.4, 0.5) is 0 Å². The molecule has 4 nitrogen and oxygen atoms in total. The standard InChI is InChI=1S/C11H18ClN3O/c1-4-15(8-11(2,3)16)7-9-5-6-10(12)14-13-9/h5-6,16H,4,7-8H2,1-3H3. The number of rotatable bonds is 5. The van der Waals surface area contributed by atoms with Crippen molar-refractivity contribution in [2.45, 2.75) is 32.9 Å². The Morgan fingerprint density at radius 2 is 2.06 bits per heavy atom. The van der Waals surface area contributed by atoms with E-state index in [-0.39, 0.29) is 0 Å². The summed E-state index contributed by atoms with van der Waals surface area (Å²) in [6, 6.07) is 3.57. The number of halogens is 1. The topological polar surface area (TPSA) is 49.2 Å². The van der Waals surface area contributed by atoms with E-state index in [1.807, 2.05) is 6.07 Å². The van der Waals surface area contributed by atoms with E-state index in [0.717, 1.165) is 12.2 Å². The quantitative estimate of drug-likeness (QED) is 0.856. The van der Waals surface area contributed by atoms with Gasteiger partial charge < -0.3 is 5.11 Å². The molecule has 0 spiro atoms. The molecule has 0 aliphatic rings. The molecular weight excluding hydrogens is 226 g/mol. The van der Waals surface area contributed by atoms with Gasteiger partial charge in [0.1, 0.15) is 0 Å². The highest BCUT2D eigenvalue weighted by molar-refractivity contribution is 6.29. The van der Waals surface area contributed by atoms with Crippen molar-refractivity contribution in [3.05, 3.63) is 23.0 Å². The van der Waals surface area contributed by atoms with Crippen molar-refractivity contribution in [3.63, 3.8) is 0 Å². The average molecular weight is 244 g/mol. The molecule has 0 aliphatic heterocycles. The van der Waals surface area contributed by atoms with Gasteiger partial charge >= 0.3 is 0 Å². The average Bonchev–Trinajstić information content (AvgIpc) is 2.18. The second kappa shape index (κ2) is 5.57. The second-order valence-electron chi connectivity index (χ2n) is 4.46. The summed E-state index contributed by atoms with van der Waals surface area (Å²) in [6.07, 6.45) is 0. The van der Waals surface area contributed by atoms with E-state index in [2.05, 4.69) is 22.0 Å². The number of aromatic nitrogens is 2. The van der Waals surface area contributed by atoms with Crippen molar-refractivity contribution in [2.75, 3.05) is 13.1 Å². The van der Waals surface area contributed by atoms with Crippen molar-refractivity contribution in [1.82, 2.24) is 15.1 Å². The van der Waals surface area contributed by atoms with Gasteiger partial charge in [0.2, 0.25) is 0 Å². The number of nitrogens with zero attached hydrogens (tertiary/aromatic N) is 3. The minimum atomic E-state index is -0.699. The molecule has 0 saturated heterocycles. The maximum Gasteiger partial charge on any atom is 0.151 e. The molecule has 0 amide bonds. The predicted octanol–water partition coefficient (Wildman–Crippen LogP) is 1.72. The fourth-order valence-corrected chi connectivity index (χ4v) is 1.58. The van der Waals surface area contributed by atoms with Crippen LogP contribution in [0.3, 0.4) is 0 Å². The van der Waals surface area contributed by atoms with Crippen LogP contribution in [0.15, 0.2) is 12.1 Å². The molecule has 0 bridgehead atoms. The first-order chi connectivity index (χ1) is 7.40. The Hall–Kier alpha value is -0.710. The third kappa shape index (κ3) is 4.88. The van der Waals surface area contributed by atoms with Crippen LogP contribution in [0.5, 0.6) is 0 Å². The van der Waals surface area contributed by atoms with E-state index in [0.29, 0.717) is 18.2 Å². The molecule has 16 heavy (non-hydrogen) atoms. The normalized spacial score (nSPS) is 12.1. The van der Waals surface area contributed by atoms with Crippen LogP contribution < -0.4 is 0 Å². The fourth-order valence-electron chi connectivity index (χ4n) is 1.48. The first-order valence-electron chi connectivity index (χ1n) is 5.33. The van der Waals surface area contributed by atoms with Crippen LogP contribution in [-0.4, -0.2) is 38.9 Å². The van der Waals surface area contributed by atoms with Gasteiger partial charge in [-0.2, -0.15) is 5.10 Å². The van der Waals surface area contributed by atoms with Gasteiger partial charge in [-0.15, -0.1) is 5.10 Å². The molecule has 0 aromatic carbocycles. The van der Waals surface area contributed by atoms with Gasteiger partial charge in [0.25, 0.3) is 0 Å². The van der Waals surface area contributed by atoms with Crippen LogP contribution in [0.2, 0.25) is 5.15 Å². The van der Waals surface area contributed by atoms with Crippen LogP contribution in [0.25, 0.3) is 0 Å². The summed E-state index contributed by atoms with van der Waals surface area (Å²) in [6.45, 7) is 7.77. The zero-order valence-electron chi connectivity index (χ0n) is 9.94. The van der Waals surface area contributed by atoms with Crippen LogP contribution >= 0.6 is 11.6 Å². The van der Waals surface area contributed by atoms with Gasteiger partial charge in [-0.3, -0.25) is 4.90 Å². The molecule has 5 heteroatoms. The summed E-state index contributed by atoms with van der Waals surface area (Å²) in [5, 5.41) is 17.9. The Morgan fingerprint density at radius 3 is 2.50 bits per heavy atom. The molecule has 0 unspecified atom stereocenters. The molecular formula is C11H18ClN3O. The van der Waals surface area contributed by atoms with Gasteiger partial charge in [-0.25, -0.2) is 0 Å². The Bertz CT molecular complexity index is 321. The molecule has 90 valence electrons. The van der Waals surface area contributed by atoms with Gasteiger partial charge in [-0.05, 0) is 32.5 Å². The van der Waals surface area contributed by atoms with Gasteiger partial charge in [0.15, 0.2) is 5.15 Å². The van der Waals surface area contributed by atoms with Crippen molar-refractivity contribution >= 4 is 11.6 Å². The first kappa shape index (κ1) is 13.4. The summed E-state index contributed by atoms with van der Waals surface area (Å²) >= 11 is 5.66. The van der Waals surface area contributed by atoms with Crippen LogP contribution in [0.1, 0.15) is 26.5 Å². The highest BCUT2D eigenvalue weighted by Crippen LogP contribution is 2.09. The number of hydrogen-bond donors (Lipinski definition) is 1. The lowest BCUT2D eigenvalue weighted by molar-refractivity contribution is 0.0349. The zero-order chi connectivity index (χ0) is 12.2. The lowest BCUT2D eigenvalue weighted by Crippen LogP contribution is -2.38. The van der Waals surface area contributed by atoms with E-state index in [1.54, 1.807) is 19.9 Å². The minimum absolute atomic E-state index is 0.397. The molecule has 1 N–H and O–H groups in total. The number of hydrogen-bond acceptors (Lipinski definition) is 4. The Labute approximate surface area is 101 Å². The van der Waals surface area contributed by atoms with E-state index < -0.39 is 5.60 Å². The monoisotopic (exact) mass is 243 g/mol. The summed E-state index contributed by atoms with van der Waals surface area (Å²) < 4.78 is 0. The maximum atomic E-state index is 9.74. The molecule has 1 heterocycles. The molecule has 1 aromatic rings. The Kier molecular flexibility index (Phi) is 4.65. The molecule has 0 aliphatic carbocycles. The highest BCUT2D eigenvalue weighted by Gasteiger charge is 2.17. The van der Waals surface area contributed by atoms with E-state index in [1.165, 1.54) is 0 Å². The van der Waals surface area contributed by atoms with Crippen LogP contribution in [0, 0.1) is 0 Å².